The summed E-state index contributed by atoms with van der Waals surface area (Å²) >= 11 is 12.1. The normalized spacial score (nSPS) is 19.8. The number of rotatable bonds is 5. The van der Waals surface area contributed by atoms with Crippen LogP contribution in [0.3, 0.4) is 0 Å². The van der Waals surface area contributed by atoms with Gasteiger partial charge >= 0.3 is 0 Å². The zero-order chi connectivity index (χ0) is 17.5. The summed E-state index contributed by atoms with van der Waals surface area (Å²) in [6.45, 7) is 0. The maximum absolute atomic E-state index is 12.8. The third-order valence-electron chi connectivity index (χ3n) is 4.24. The van der Waals surface area contributed by atoms with Crippen LogP contribution in [0.2, 0.25) is 0 Å². The molecule has 1 fully saturated rings. The average molecular weight is 367 g/mol. The lowest BCUT2D eigenvalue weighted by atomic mass is 9.96. The smallest absolute Gasteiger partial charge is 0.247 e. The Morgan fingerprint density at radius 2 is 2.12 bits per heavy atom. The highest BCUT2D eigenvalue weighted by Crippen LogP contribution is 2.30. The number of carbonyl (C=O) groups excluding carboxylic acids is 1. The van der Waals surface area contributed by atoms with Crippen LogP contribution in [-0.4, -0.2) is 30.2 Å². The van der Waals surface area contributed by atoms with E-state index in [-0.39, 0.29) is 17.9 Å². The molecular weight excluding hydrogens is 347 g/mol. The Kier molecular flexibility index (Phi) is 6.89. The van der Waals surface area contributed by atoms with E-state index >= 15 is 0 Å². The SMILES string of the molecule is CN(C=NC#N)C(C(=O)NC1=CC(Cl)=CC(Cl)=CC1)C1CCCC1. The fourth-order valence-electron chi connectivity index (χ4n) is 3.18. The predicted octanol–water partition coefficient (Wildman–Crippen LogP) is 3.64. The summed E-state index contributed by atoms with van der Waals surface area (Å²) in [7, 11) is 1.77. The summed E-state index contributed by atoms with van der Waals surface area (Å²) in [6.07, 6.45) is 13.0. The van der Waals surface area contributed by atoms with Gasteiger partial charge in [-0.2, -0.15) is 10.3 Å². The number of likely N-dealkylation sites (N-methyl/N-ethyl adjacent to an activating group) is 1. The van der Waals surface area contributed by atoms with Gasteiger partial charge in [-0.15, -0.1) is 0 Å². The molecule has 0 heterocycles. The van der Waals surface area contributed by atoms with Gasteiger partial charge in [0.1, 0.15) is 12.4 Å². The Hall–Kier alpha value is -1.77. The number of halogens is 2. The van der Waals surface area contributed by atoms with Crippen LogP contribution >= 0.6 is 23.2 Å². The fourth-order valence-corrected chi connectivity index (χ4v) is 3.68. The molecule has 0 aromatic heterocycles. The van der Waals surface area contributed by atoms with Gasteiger partial charge in [-0.1, -0.05) is 42.1 Å². The summed E-state index contributed by atoms with van der Waals surface area (Å²) in [6, 6.07) is -0.365. The topological polar surface area (TPSA) is 68.5 Å². The first-order valence-electron chi connectivity index (χ1n) is 7.89. The molecule has 2 aliphatic carbocycles. The second-order valence-electron chi connectivity index (χ2n) is 5.98. The van der Waals surface area contributed by atoms with Gasteiger partial charge in [0.2, 0.25) is 12.1 Å². The first-order valence-corrected chi connectivity index (χ1v) is 8.65. The number of hydrogen-bond acceptors (Lipinski definition) is 3. The Bertz CT molecular complexity index is 639. The number of hydrogen-bond donors (Lipinski definition) is 1. The zero-order valence-electron chi connectivity index (χ0n) is 13.5. The summed E-state index contributed by atoms with van der Waals surface area (Å²) in [5, 5.41) is 12.6. The molecular formula is C17H20Cl2N4O. The van der Waals surface area contributed by atoms with Crippen molar-refractivity contribution in [3.8, 4) is 6.19 Å². The number of amides is 1. The Morgan fingerprint density at radius 3 is 2.79 bits per heavy atom. The summed E-state index contributed by atoms with van der Waals surface area (Å²) in [5.41, 5.74) is 0.700. The minimum absolute atomic E-state index is 0.115. The molecule has 128 valence electrons. The van der Waals surface area contributed by atoms with Crippen molar-refractivity contribution in [1.82, 2.24) is 10.2 Å². The third kappa shape index (κ3) is 5.12. The first kappa shape index (κ1) is 18.6. The van der Waals surface area contributed by atoms with E-state index in [0.29, 0.717) is 22.2 Å². The van der Waals surface area contributed by atoms with Gasteiger partial charge in [0.15, 0.2) is 0 Å². The molecule has 0 bridgehead atoms. The van der Waals surface area contributed by atoms with E-state index in [1.807, 2.05) is 0 Å². The second kappa shape index (κ2) is 8.91. The summed E-state index contributed by atoms with van der Waals surface area (Å²) in [5.74, 6) is 0.132. The van der Waals surface area contributed by atoms with Gasteiger partial charge in [0.05, 0.1) is 0 Å². The van der Waals surface area contributed by atoms with Crippen molar-refractivity contribution in [3.63, 3.8) is 0 Å². The van der Waals surface area contributed by atoms with Crippen LogP contribution in [0.1, 0.15) is 32.1 Å². The second-order valence-corrected chi connectivity index (χ2v) is 6.85. The largest absolute Gasteiger partial charge is 0.353 e. The van der Waals surface area contributed by atoms with E-state index in [0.717, 1.165) is 25.7 Å². The van der Waals surface area contributed by atoms with Crippen LogP contribution in [0.4, 0.5) is 0 Å². The molecule has 24 heavy (non-hydrogen) atoms. The summed E-state index contributed by atoms with van der Waals surface area (Å²) < 4.78 is 0. The maximum atomic E-state index is 12.8. The predicted molar refractivity (Wildman–Crippen MR) is 96.3 cm³/mol. The van der Waals surface area contributed by atoms with Gasteiger partial charge in [-0.05, 0) is 30.9 Å². The quantitative estimate of drug-likeness (QED) is 0.458. The minimum Gasteiger partial charge on any atom is -0.353 e. The van der Waals surface area contributed by atoms with Crippen molar-refractivity contribution in [3.05, 3.63) is 34.0 Å². The fraction of sp³-hybridized carbons (Fsp3) is 0.471. The molecule has 1 unspecified atom stereocenters. The molecule has 2 rings (SSSR count). The number of nitriles is 1. The highest BCUT2D eigenvalue weighted by atomic mass is 35.5. The first-order chi connectivity index (χ1) is 11.5. The molecule has 0 saturated heterocycles. The van der Waals surface area contributed by atoms with Gasteiger partial charge in [-0.25, -0.2) is 0 Å². The highest BCUT2D eigenvalue weighted by molar-refractivity contribution is 6.35. The monoisotopic (exact) mass is 366 g/mol. The maximum Gasteiger partial charge on any atom is 0.247 e. The van der Waals surface area contributed by atoms with E-state index < -0.39 is 0 Å². The van der Waals surface area contributed by atoms with E-state index in [9.17, 15) is 4.79 Å². The van der Waals surface area contributed by atoms with Crippen LogP contribution < -0.4 is 5.32 Å². The van der Waals surface area contributed by atoms with E-state index in [1.165, 1.54) is 6.34 Å². The molecule has 5 nitrogen and oxygen atoms in total. The van der Waals surface area contributed by atoms with Crippen LogP contribution in [-0.2, 0) is 4.79 Å². The molecule has 1 saturated carbocycles. The van der Waals surface area contributed by atoms with Crippen molar-refractivity contribution in [2.45, 2.75) is 38.1 Å². The lowest BCUT2D eigenvalue weighted by Gasteiger charge is -2.30. The standard InChI is InChI=1S/C17H20Cl2N4O/c1-23(11-21-10-20)16(12-4-2-3-5-12)17(24)22-15-7-6-13(18)8-14(19)9-15/h6,8-9,11-12,16H,2-5,7H2,1H3,(H,22,24). The van der Waals surface area contributed by atoms with Gasteiger partial charge < -0.3 is 10.2 Å². The lowest BCUT2D eigenvalue weighted by molar-refractivity contribution is -0.125. The molecule has 1 atom stereocenters. The van der Waals surface area contributed by atoms with E-state index in [1.54, 1.807) is 36.4 Å². The van der Waals surface area contributed by atoms with Crippen molar-refractivity contribution in [2.75, 3.05) is 7.05 Å². The van der Waals surface area contributed by atoms with Gasteiger partial charge in [0.25, 0.3) is 0 Å². The average Bonchev–Trinajstić information content (AvgIpc) is 2.99. The Morgan fingerprint density at radius 1 is 1.42 bits per heavy atom. The third-order valence-corrected chi connectivity index (χ3v) is 4.72. The van der Waals surface area contributed by atoms with Crippen LogP contribution in [0, 0.1) is 17.4 Å². The lowest BCUT2D eigenvalue weighted by Crippen LogP contribution is -2.48. The van der Waals surface area contributed by atoms with Crippen molar-refractivity contribution >= 4 is 35.4 Å². The number of aliphatic imine (C=N–C) groups is 1. The van der Waals surface area contributed by atoms with E-state index in [4.69, 9.17) is 28.5 Å². The minimum atomic E-state index is -0.365. The Balaban J connectivity index is 2.14. The van der Waals surface area contributed by atoms with E-state index in [2.05, 4.69) is 10.3 Å². The zero-order valence-corrected chi connectivity index (χ0v) is 15.0. The molecule has 0 spiro atoms. The highest BCUT2D eigenvalue weighted by Gasteiger charge is 2.33. The molecule has 1 N–H and O–H groups in total. The molecule has 0 aromatic rings. The molecule has 1 amide bonds. The van der Waals surface area contributed by atoms with Gasteiger partial charge in [0, 0.05) is 29.2 Å². The van der Waals surface area contributed by atoms with Crippen molar-refractivity contribution in [1.29, 1.82) is 5.26 Å². The molecule has 7 heteroatoms. The Labute approximate surface area is 152 Å². The number of allylic oxidation sites excluding steroid dienone is 5. The molecule has 0 aliphatic heterocycles. The number of carbonyl (C=O) groups is 1. The number of nitrogens with one attached hydrogen (secondary N) is 1. The molecule has 0 aromatic carbocycles. The van der Waals surface area contributed by atoms with Crippen molar-refractivity contribution < 1.29 is 4.79 Å². The van der Waals surface area contributed by atoms with Crippen LogP contribution in [0.25, 0.3) is 0 Å². The molecule has 0 radical (unpaired) electrons. The summed E-state index contributed by atoms with van der Waals surface area (Å²) in [4.78, 5) is 18.1. The van der Waals surface area contributed by atoms with Crippen LogP contribution in [0.15, 0.2) is 39.0 Å². The van der Waals surface area contributed by atoms with Crippen LogP contribution in [0.5, 0.6) is 0 Å². The van der Waals surface area contributed by atoms with Crippen molar-refractivity contribution in [2.24, 2.45) is 10.9 Å². The molecule has 2 aliphatic rings. The van der Waals surface area contributed by atoms with Gasteiger partial charge in [-0.3, -0.25) is 4.79 Å². The number of nitrogens with zero attached hydrogens (tertiary/aromatic N) is 3.